The number of hydrogen-bond acceptors (Lipinski definition) is 7. The summed E-state index contributed by atoms with van der Waals surface area (Å²) in [6.07, 6.45) is 1.62. The molecule has 0 aromatic carbocycles. The Hall–Kier alpha value is -1.70. The summed E-state index contributed by atoms with van der Waals surface area (Å²) in [5.74, 6) is 0. The van der Waals surface area contributed by atoms with Crippen LogP contribution in [0.2, 0.25) is 0 Å². The quantitative estimate of drug-likeness (QED) is 0.601. The van der Waals surface area contributed by atoms with Gasteiger partial charge in [0.25, 0.3) is 10.0 Å². The highest BCUT2D eigenvalue weighted by molar-refractivity contribution is 7.91. The van der Waals surface area contributed by atoms with Crippen LogP contribution in [0.15, 0.2) is 10.3 Å². The number of rotatable bonds is 7. The third kappa shape index (κ3) is 3.15. The van der Waals surface area contributed by atoms with Crippen LogP contribution in [0.4, 0.5) is 10.7 Å². The van der Waals surface area contributed by atoms with Crippen molar-refractivity contribution in [3.8, 4) is 6.07 Å². The topological polar surface area (TPSA) is 116 Å². The number of nitro groups is 1. The summed E-state index contributed by atoms with van der Waals surface area (Å²) >= 11 is 0.836. The highest BCUT2D eigenvalue weighted by Gasteiger charge is 2.39. The van der Waals surface area contributed by atoms with Crippen molar-refractivity contribution >= 4 is 32.0 Å². The summed E-state index contributed by atoms with van der Waals surface area (Å²) in [4.78, 5) is 10.3. The number of anilines is 1. The molecule has 0 atom stereocenters. The lowest BCUT2D eigenvalue weighted by atomic mass is 10.4. The lowest BCUT2D eigenvalue weighted by molar-refractivity contribution is -0.383. The molecule has 0 spiro atoms. The minimum atomic E-state index is -3.80. The fourth-order valence-electron chi connectivity index (χ4n) is 1.94. The molecule has 2 rings (SSSR count). The molecule has 8 nitrogen and oxygen atoms in total. The molecule has 1 aromatic heterocycles. The van der Waals surface area contributed by atoms with Gasteiger partial charge < -0.3 is 5.32 Å². The Kier molecular flexibility index (Phi) is 4.46. The largest absolute Gasteiger partial charge is 0.374 e. The highest BCUT2D eigenvalue weighted by atomic mass is 32.2. The van der Waals surface area contributed by atoms with Crippen molar-refractivity contribution in [1.82, 2.24) is 4.31 Å². The number of nitrogens with zero attached hydrogens (tertiary/aromatic N) is 3. The van der Waals surface area contributed by atoms with Gasteiger partial charge in [-0.25, -0.2) is 8.42 Å². The van der Waals surface area contributed by atoms with Gasteiger partial charge >= 0.3 is 5.69 Å². The van der Waals surface area contributed by atoms with Gasteiger partial charge in [0, 0.05) is 32.1 Å². The lowest BCUT2D eigenvalue weighted by Crippen LogP contribution is -2.33. The van der Waals surface area contributed by atoms with Gasteiger partial charge in [-0.05, 0) is 12.8 Å². The number of thiophene rings is 1. The molecule has 0 unspecified atom stereocenters. The van der Waals surface area contributed by atoms with Crippen molar-refractivity contribution in [2.24, 2.45) is 0 Å². The van der Waals surface area contributed by atoms with Crippen LogP contribution in [0.5, 0.6) is 0 Å². The summed E-state index contributed by atoms with van der Waals surface area (Å²) in [6.45, 7) is 0.115. The standard InChI is InChI=1S/C11H14N4O4S2/c1-13-11-9(15(16)17)7-10(20-11)21(18,19)14(6-2-5-12)8-3-4-8/h7-8,13H,2-4,6H2,1H3. The van der Waals surface area contributed by atoms with E-state index in [1.54, 1.807) is 0 Å². The molecule has 0 radical (unpaired) electrons. The molecule has 1 aliphatic carbocycles. The van der Waals surface area contributed by atoms with Gasteiger partial charge in [0.1, 0.15) is 4.21 Å². The summed E-state index contributed by atoms with van der Waals surface area (Å²) in [6, 6.07) is 2.91. The molecule has 10 heteroatoms. The Balaban J connectivity index is 2.38. The number of nitriles is 1. The first kappa shape index (κ1) is 15.7. The minimum absolute atomic E-state index is 0.0663. The Bertz CT molecular complexity index is 688. The Labute approximate surface area is 126 Å². The smallest absolute Gasteiger partial charge is 0.304 e. The van der Waals surface area contributed by atoms with Crippen LogP contribution in [0.3, 0.4) is 0 Å². The molecule has 1 N–H and O–H groups in total. The third-order valence-corrected chi connectivity index (χ3v) is 6.62. The number of sulfonamides is 1. The monoisotopic (exact) mass is 330 g/mol. The van der Waals surface area contributed by atoms with Crippen LogP contribution in [0, 0.1) is 21.4 Å². The first-order valence-electron chi connectivity index (χ1n) is 6.26. The molecule has 1 aromatic rings. The Morgan fingerprint density at radius 1 is 1.62 bits per heavy atom. The van der Waals surface area contributed by atoms with Gasteiger partial charge in [-0.2, -0.15) is 9.57 Å². The van der Waals surface area contributed by atoms with Crippen molar-refractivity contribution in [2.75, 3.05) is 18.9 Å². The predicted octanol–water partition coefficient (Wildman–Crippen LogP) is 1.76. The van der Waals surface area contributed by atoms with E-state index in [1.165, 1.54) is 11.4 Å². The molecule has 1 fully saturated rings. The Morgan fingerprint density at radius 3 is 2.71 bits per heavy atom. The second-order valence-corrected chi connectivity index (χ2v) is 7.71. The zero-order chi connectivity index (χ0) is 15.6. The zero-order valence-corrected chi connectivity index (χ0v) is 12.9. The van der Waals surface area contributed by atoms with Crippen molar-refractivity contribution in [3.05, 3.63) is 16.2 Å². The van der Waals surface area contributed by atoms with Gasteiger partial charge in [-0.15, -0.1) is 0 Å². The molecular weight excluding hydrogens is 316 g/mol. The third-order valence-electron chi connectivity index (χ3n) is 3.07. The van der Waals surface area contributed by atoms with Gasteiger partial charge in [0.2, 0.25) is 0 Å². The summed E-state index contributed by atoms with van der Waals surface area (Å²) < 4.78 is 26.4. The second kappa shape index (κ2) is 5.97. The zero-order valence-electron chi connectivity index (χ0n) is 11.3. The molecule has 1 heterocycles. The van der Waals surface area contributed by atoms with Gasteiger partial charge in [0.15, 0.2) is 5.00 Å². The van der Waals surface area contributed by atoms with Crippen LogP contribution in [0.25, 0.3) is 0 Å². The molecule has 114 valence electrons. The maximum atomic E-state index is 12.6. The van der Waals surface area contributed by atoms with Crippen molar-refractivity contribution < 1.29 is 13.3 Å². The van der Waals surface area contributed by atoms with E-state index in [9.17, 15) is 18.5 Å². The van der Waals surface area contributed by atoms with E-state index >= 15 is 0 Å². The summed E-state index contributed by atoms with van der Waals surface area (Å²) in [5.41, 5.74) is -0.253. The normalized spacial score (nSPS) is 14.9. The number of nitrogens with one attached hydrogen (secondary N) is 1. The molecule has 0 saturated heterocycles. The lowest BCUT2D eigenvalue weighted by Gasteiger charge is -2.19. The first-order valence-corrected chi connectivity index (χ1v) is 8.52. The molecule has 0 amide bonds. The summed E-state index contributed by atoms with van der Waals surface area (Å²) in [7, 11) is -2.30. The van der Waals surface area contributed by atoms with Crippen LogP contribution in [-0.2, 0) is 10.0 Å². The molecular formula is C11H14N4O4S2. The fraction of sp³-hybridized carbons (Fsp3) is 0.545. The maximum Gasteiger partial charge on any atom is 0.304 e. The molecule has 1 aliphatic rings. The molecule has 21 heavy (non-hydrogen) atoms. The van der Waals surface area contributed by atoms with Crippen LogP contribution in [-0.4, -0.2) is 37.3 Å². The average Bonchev–Trinajstić information content (AvgIpc) is 3.15. The van der Waals surface area contributed by atoms with E-state index in [-0.39, 0.29) is 33.9 Å². The highest BCUT2D eigenvalue weighted by Crippen LogP contribution is 2.40. The van der Waals surface area contributed by atoms with E-state index in [4.69, 9.17) is 5.26 Å². The Morgan fingerprint density at radius 2 is 2.29 bits per heavy atom. The van der Waals surface area contributed by atoms with E-state index < -0.39 is 14.9 Å². The van der Waals surface area contributed by atoms with Gasteiger partial charge in [-0.3, -0.25) is 10.1 Å². The van der Waals surface area contributed by atoms with E-state index in [0.29, 0.717) is 0 Å². The predicted molar refractivity (Wildman–Crippen MR) is 77.7 cm³/mol. The van der Waals surface area contributed by atoms with Crippen molar-refractivity contribution in [2.45, 2.75) is 29.5 Å². The maximum absolute atomic E-state index is 12.6. The van der Waals surface area contributed by atoms with Crippen molar-refractivity contribution in [1.29, 1.82) is 5.26 Å². The average molecular weight is 330 g/mol. The van der Waals surface area contributed by atoms with Crippen LogP contribution in [0.1, 0.15) is 19.3 Å². The van der Waals surface area contributed by atoms with Crippen LogP contribution < -0.4 is 5.32 Å². The van der Waals surface area contributed by atoms with Crippen molar-refractivity contribution in [3.63, 3.8) is 0 Å². The van der Waals surface area contributed by atoms with E-state index in [0.717, 1.165) is 30.2 Å². The second-order valence-electron chi connectivity index (χ2n) is 4.54. The SMILES string of the molecule is CNc1sc(S(=O)(=O)N(CCC#N)C2CC2)cc1[N+](=O)[O-]. The van der Waals surface area contributed by atoms with Gasteiger partial charge in [-0.1, -0.05) is 11.3 Å². The van der Waals surface area contributed by atoms with E-state index in [2.05, 4.69) is 5.32 Å². The van der Waals surface area contributed by atoms with E-state index in [1.807, 2.05) is 6.07 Å². The van der Waals surface area contributed by atoms with Crippen LogP contribution >= 0.6 is 11.3 Å². The molecule has 1 saturated carbocycles. The molecule has 0 bridgehead atoms. The minimum Gasteiger partial charge on any atom is -0.374 e. The number of hydrogen-bond donors (Lipinski definition) is 1. The summed E-state index contributed by atoms with van der Waals surface area (Å²) in [5, 5.41) is 22.4. The molecule has 0 aliphatic heterocycles. The van der Waals surface area contributed by atoms with Gasteiger partial charge in [0.05, 0.1) is 11.0 Å². The first-order chi connectivity index (χ1) is 9.91. The fourth-order valence-corrected chi connectivity index (χ4v) is 5.04.